The minimum absolute atomic E-state index is 0.0799. The van der Waals surface area contributed by atoms with Crippen molar-refractivity contribution in [3.05, 3.63) is 35.8 Å². The Morgan fingerprint density at radius 3 is 2.88 bits per heavy atom. The molecule has 17 heavy (non-hydrogen) atoms. The molecule has 1 aromatic carbocycles. The smallest absolute Gasteiger partial charge is 0.303 e. The lowest BCUT2D eigenvalue weighted by molar-refractivity contribution is -0.137. The molecule has 2 aromatic rings. The van der Waals surface area contributed by atoms with E-state index in [-0.39, 0.29) is 18.2 Å². The average Bonchev–Trinajstić information content (AvgIpc) is 2.55. The van der Waals surface area contributed by atoms with Crippen LogP contribution in [0, 0.1) is 5.82 Å². The first-order chi connectivity index (χ1) is 7.99. The number of rotatable bonds is 3. The summed E-state index contributed by atoms with van der Waals surface area (Å²) < 4.78 is 15.0. The number of fused-ring (bicyclic) bond motifs is 1. The molecule has 1 heterocycles. The number of hydrogen-bond acceptors (Lipinski definition) is 1. The monoisotopic (exact) mass is 235 g/mol. The summed E-state index contributed by atoms with van der Waals surface area (Å²) in [6, 6.07) is 4.57. The van der Waals surface area contributed by atoms with E-state index in [1.807, 2.05) is 24.7 Å². The number of nitrogens with zero attached hydrogens (tertiary/aromatic N) is 1. The summed E-state index contributed by atoms with van der Waals surface area (Å²) in [6.45, 7) is 1.87. The predicted molar refractivity (Wildman–Crippen MR) is 63.5 cm³/mol. The molecule has 90 valence electrons. The fourth-order valence-corrected chi connectivity index (χ4v) is 2.15. The topological polar surface area (TPSA) is 42.2 Å². The Morgan fingerprint density at radius 1 is 1.53 bits per heavy atom. The highest BCUT2D eigenvalue weighted by atomic mass is 19.1. The zero-order chi connectivity index (χ0) is 12.6. The Kier molecular flexibility index (Phi) is 2.88. The number of benzene rings is 1. The zero-order valence-electron chi connectivity index (χ0n) is 9.77. The van der Waals surface area contributed by atoms with Crippen LogP contribution in [0.1, 0.15) is 24.8 Å². The minimum Gasteiger partial charge on any atom is -0.481 e. The van der Waals surface area contributed by atoms with Crippen LogP contribution in [0.3, 0.4) is 0 Å². The fourth-order valence-electron chi connectivity index (χ4n) is 2.15. The first-order valence-electron chi connectivity index (χ1n) is 5.45. The van der Waals surface area contributed by atoms with Gasteiger partial charge in [0.15, 0.2) is 0 Å². The Labute approximate surface area is 98.5 Å². The summed E-state index contributed by atoms with van der Waals surface area (Å²) in [5.74, 6) is -1.19. The van der Waals surface area contributed by atoms with Gasteiger partial charge in [-0.1, -0.05) is 6.92 Å². The molecule has 1 aromatic heterocycles. The number of aromatic nitrogens is 1. The van der Waals surface area contributed by atoms with E-state index < -0.39 is 5.97 Å². The van der Waals surface area contributed by atoms with E-state index in [1.54, 1.807) is 6.07 Å². The van der Waals surface area contributed by atoms with Crippen LogP contribution < -0.4 is 0 Å². The van der Waals surface area contributed by atoms with Gasteiger partial charge in [-0.25, -0.2) is 4.39 Å². The third kappa shape index (κ3) is 2.16. The molecule has 0 bridgehead atoms. The molecule has 0 spiro atoms. The molecule has 4 heteroatoms. The van der Waals surface area contributed by atoms with Gasteiger partial charge >= 0.3 is 5.97 Å². The van der Waals surface area contributed by atoms with Gasteiger partial charge in [-0.05, 0) is 29.7 Å². The first kappa shape index (κ1) is 11.6. The van der Waals surface area contributed by atoms with Gasteiger partial charge in [-0.15, -0.1) is 0 Å². The van der Waals surface area contributed by atoms with Gasteiger partial charge in [-0.2, -0.15) is 0 Å². The number of carboxylic acid groups (broad SMARTS) is 1. The van der Waals surface area contributed by atoms with Crippen LogP contribution in [0.5, 0.6) is 0 Å². The summed E-state index contributed by atoms with van der Waals surface area (Å²) in [6.07, 6.45) is 1.95. The third-order valence-corrected chi connectivity index (χ3v) is 3.00. The van der Waals surface area contributed by atoms with Gasteiger partial charge in [-0.3, -0.25) is 4.79 Å². The second kappa shape index (κ2) is 4.20. The molecule has 0 fully saturated rings. The number of halogens is 1. The van der Waals surface area contributed by atoms with E-state index in [1.165, 1.54) is 12.1 Å². The molecule has 0 radical (unpaired) electrons. The van der Waals surface area contributed by atoms with Gasteiger partial charge in [0.2, 0.25) is 0 Å². The fraction of sp³-hybridized carbons (Fsp3) is 0.308. The zero-order valence-corrected chi connectivity index (χ0v) is 9.77. The summed E-state index contributed by atoms with van der Waals surface area (Å²) >= 11 is 0. The van der Waals surface area contributed by atoms with Crippen LogP contribution in [-0.2, 0) is 11.8 Å². The summed E-state index contributed by atoms with van der Waals surface area (Å²) in [4.78, 5) is 10.7. The van der Waals surface area contributed by atoms with E-state index in [4.69, 9.17) is 5.11 Å². The lowest BCUT2D eigenvalue weighted by atomic mass is 9.97. The molecule has 0 aliphatic heterocycles. The van der Waals surface area contributed by atoms with E-state index in [0.29, 0.717) is 0 Å². The third-order valence-electron chi connectivity index (χ3n) is 3.00. The van der Waals surface area contributed by atoms with Gasteiger partial charge < -0.3 is 9.67 Å². The summed E-state index contributed by atoms with van der Waals surface area (Å²) in [7, 11) is 1.83. The van der Waals surface area contributed by atoms with Crippen molar-refractivity contribution in [2.75, 3.05) is 0 Å². The number of carbonyl (C=O) groups is 1. The number of hydrogen-bond donors (Lipinski definition) is 1. The second-order valence-electron chi connectivity index (χ2n) is 4.36. The van der Waals surface area contributed by atoms with Gasteiger partial charge in [0.1, 0.15) is 5.82 Å². The van der Waals surface area contributed by atoms with Crippen LogP contribution in [0.15, 0.2) is 24.4 Å². The maximum atomic E-state index is 13.1. The molecular formula is C13H14FNO2. The van der Waals surface area contributed by atoms with Gasteiger partial charge in [0, 0.05) is 18.6 Å². The molecule has 0 saturated carbocycles. The Bertz CT molecular complexity index is 574. The summed E-state index contributed by atoms with van der Waals surface area (Å²) in [5, 5.41) is 9.72. The van der Waals surface area contributed by atoms with E-state index >= 15 is 0 Å². The van der Waals surface area contributed by atoms with Crippen LogP contribution in [0.2, 0.25) is 0 Å². The molecule has 0 amide bonds. The van der Waals surface area contributed by atoms with Crippen LogP contribution in [0.4, 0.5) is 4.39 Å². The maximum Gasteiger partial charge on any atom is 0.303 e. The number of carboxylic acids is 1. The highest BCUT2D eigenvalue weighted by Crippen LogP contribution is 2.29. The number of aliphatic carboxylic acids is 1. The van der Waals surface area contributed by atoms with Crippen LogP contribution in [-0.4, -0.2) is 15.6 Å². The second-order valence-corrected chi connectivity index (χ2v) is 4.36. The quantitative estimate of drug-likeness (QED) is 0.888. The lowest BCUT2D eigenvalue weighted by Crippen LogP contribution is -2.02. The molecule has 0 aliphatic rings. The predicted octanol–water partition coefficient (Wildman–Crippen LogP) is 2.90. The van der Waals surface area contributed by atoms with Crippen molar-refractivity contribution >= 4 is 16.9 Å². The normalized spacial score (nSPS) is 12.9. The van der Waals surface area contributed by atoms with Gasteiger partial charge in [0.25, 0.3) is 0 Å². The highest BCUT2D eigenvalue weighted by Gasteiger charge is 2.16. The van der Waals surface area contributed by atoms with Crippen LogP contribution >= 0.6 is 0 Å². The van der Waals surface area contributed by atoms with Crippen molar-refractivity contribution in [2.24, 2.45) is 7.05 Å². The van der Waals surface area contributed by atoms with E-state index in [9.17, 15) is 9.18 Å². The molecule has 2 rings (SSSR count). The van der Waals surface area contributed by atoms with Crippen molar-refractivity contribution in [3.8, 4) is 0 Å². The Morgan fingerprint density at radius 2 is 2.24 bits per heavy atom. The van der Waals surface area contributed by atoms with E-state index in [0.717, 1.165) is 16.5 Å². The molecule has 1 N–H and O–H groups in total. The van der Waals surface area contributed by atoms with Crippen molar-refractivity contribution < 1.29 is 14.3 Å². The molecule has 0 saturated heterocycles. The average molecular weight is 235 g/mol. The number of aryl methyl sites for hydroxylation is 1. The van der Waals surface area contributed by atoms with Crippen molar-refractivity contribution in [3.63, 3.8) is 0 Å². The maximum absolute atomic E-state index is 13.1. The molecule has 3 nitrogen and oxygen atoms in total. The van der Waals surface area contributed by atoms with Crippen molar-refractivity contribution in [2.45, 2.75) is 19.3 Å². The molecule has 1 atom stereocenters. The SMILES string of the molecule is CC(CC(=O)O)c1cn(C)c2cc(F)ccc12. The van der Waals surface area contributed by atoms with Crippen LogP contribution in [0.25, 0.3) is 10.9 Å². The lowest BCUT2D eigenvalue weighted by Gasteiger charge is -2.06. The largest absolute Gasteiger partial charge is 0.481 e. The minimum atomic E-state index is -0.823. The molecule has 1 unspecified atom stereocenters. The standard InChI is InChI=1S/C13H14FNO2/c1-8(5-13(16)17)11-7-15(2)12-6-9(14)3-4-10(11)12/h3-4,6-8H,5H2,1-2H3,(H,16,17). The highest BCUT2D eigenvalue weighted by molar-refractivity contribution is 5.85. The Hall–Kier alpha value is -1.84. The first-order valence-corrected chi connectivity index (χ1v) is 5.45. The Balaban J connectivity index is 2.51. The van der Waals surface area contributed by atoms with Gasteiger partial charge in [0.05, 0.1) is 11.9 Å². The van der Waals surface area contributed by atoms with Crippen molar-refractivity contribution in [1.29, 1.82) is 0 Å². The van der Waals surface area contributed by atoms with Crippen molar-refractivity contribution in [1.82, 2.24) is 4.57 Å². The molecular weight excluding hydrogens is 221 g/mol. The molecule has 0 aliphatic carbocycles. The van der Waals surface area contributed by atoms with E-state index in [2.05, 4.69) is 0 Å². The summed E-state index contributed by atoms with van der Waals surface area (Å²) in [5.41, 5.74) is 1.74.